The van der Waals surface area contributed by atoms with Crippen LogP contribution in [0.1, 0.15) is 38.0 Å². The summed E-state index contributed by atoms with van der Waals surface area (Å²) in [5, 5.41) is 22.1. The lowest BCUT2D eigenvalue weighted by atomic mass is 10.0. The number of ether oxygens (including phenoxy) is 1. The Kier molecular flexibility index (Phi) is 6.14. The van der Waals surface area contributed by atoms with Crippen molar-refractivity contribution in [1.29, 1.82) is 0 Å². The van der Waals surface area contributed by atoms with Gasteiger partial charge < -0.3 is 26.0 Å². The molecule has 1 rings (SSSR count). The first-order valence-electron chi connectivity index (χ1n) is 6.85. The SMILES string of the molecule is CC(C)(C)OC(=O)NCc1cccc(C(O)C(O)CN)c1. The lowest BCUT2D eigenvalue weighted by Gasteiger charge is -2.20. The van der Waals surface area contributed by atoms with E-state index in [-0.39, 0.29) is 13.1 Å². The molecule has 6 heteroatoms. The zero-order chi connectivity index (χ0) is 16.0. The maximum atomic E-state index is 11.6. The highest BCUT2D eigenvalue weighted by atomic mass is 16.6. The average molecular weight is 296 g/mol. The Morgan fingerprint density at radius 3 is 2.62 bits per heavy atom. The molecule has 0 heterocycles. The minimum Gasteiger partial charge on any atom is -0.444 e. The number of nitrogens with two attached hydrogens (primary N) is 1. The van der Waals surface area contributed by atoms with Crippen LogP contribution in [0.15, 0.2) is 24.3 Å². The van der Waals surface area contributed by atoms with E-state index in [0.29, 0.717) is 5.56 Å². The number of alkyl carbamates (subject to hydrolysis) is 1. The summed E-state index contributed by atoms with van der Waals surface area (Å²) in [5.74, 6) is 0. The summed E-state index contributed by atoms with van der Waals surface area (Å²) in [4.78, 5) is 11.6. The molecule has 21 heavy (non-hydrogen) atoms. The van der Waals surface area contributed by atoms with Crippen molar-refractivity contribution in [2.45, 2.75) is 45.1 Å². The zero-order valence-corrected chi connectivity index (χ0v) is 12.7. The number of carbonyl (C=O) groups is 1. The van der Waals surface area contributed by atoms with Crippen molar-refractivity contribution < 1.29 is 19.7 Å². The second-order valence-electron chi connectivity index (χ2n) is 5.85. The molecule has 0 aliphatic rings. The second kappa shape index (κ2) is 7.40. The molecule has 0 saturated carbocycles. The molecule has 1 aromatic rings. The summed E-state index contributed by atoms with van der Waals surface area (Å²) in [5.41, 5.74) is 6.12. The van der Waals surface area contributed by atoms with Gasteiger partial charge in [-0.1, -0.05) is 24.3 Å². The van der Waals surface area contributed by atoms with Gasteiger partial charge in [0.05, 0.1) is 6.10 Å². The summed E-state index contributed by atoms with van der Waals surface area (Å²) >= 11 is 0. The quantitative estimate of drug-likeness (QED) is 0.650. The third-order valence-corrected chi connectivity index (χ3v) is 2.73. The Bertz CT molecular complexity index is 471. The third kappa shape index (κ3) is 6.12. The molecule has 0 aliphatic heterocycles. The van der Waals surface area contributed by atoms with Crippen molar-refractivity contribution in [3.63, 3.8) is 0 Å². The maximum Gasteiger partial charge on any atom is 0.407 e. The molecular weight excluding hydrogens is 272 g/mol. The minimum atomic E-state index is -1.04. The van der Waals surface area contributed by atoms with Crippen molar-refractivity contribution in [2.75, 3.05) is 6.54 Å². The maximum absolute atomic E-state index is 11.6. The predicted octanol–water partition coefficient (Wildman–Crippen LogP) is 1.06. The Hall–Kier alpha value is -1.63. The van der Waals surface area contributed by atoms with Crippen molar-refractivity contribution in [2.24, 2.45) is 5.73 Å². The molecule has 0 spiro atoms. The van der Waals surface area contributed by atoms with Crippen molar-refractivity contribution in [3.05, 3.63) is 35.4 Å². The highest BCUT2D eigenvalue weighted by Gasteiger charge is 2.18. The molecule has 0 bridgehead atoms. The highest BCUT2D eigenvalue weighted by Crippen LogP contribution is 2.18. The Morgan fingerprint density at radius 2 is 2.05 bits per heavy atom. The van der Waals surface area contributed by atoms with E-state index in [0.717, 1.165) is 5.56 Å². The number of hydrogen-bond donors (Lipinski definition) is 4. The van der Waals surface area contributed by atoms with Crippen LogP contribution in [0.4, 0.5) is 4.79 Å². The fraction of sp³-hybridized carbons (Fsp3) is 0.533. The third-order valence-electron chi connectivity index (χ3n) is 2.73. The van der Waals surface area contributed by atoms with Crippen molar-refractivity contribution in [3.8, 4) is 0 Å². The zero-order valence-electron chi connectivity index (χ0n) is 12.7. The second-order valence-corrected chi connectivity index (χ2v) is 5.85. The van der Waals surface area contributed by atoms with E-state index in [2.05, 4.69) is 5.32 Å². The van der Waals surface area contributed by atoms with Gasteiger partial charge in [-0.2, -0.15) is 0 Å². The van der Waals surface area contributed by atoms with Gasteiger partial charge in [0.1, 0.15) is 11.7 Å². The first-order chi connectivity index (χ1) is 9.73. The Morgan fingerprint density at radius 1 is 1.38 bits per heavy atom. The summed E-state index contributed by atoms with van der Waals surface area (Å²) in [7, 11) is 0. The molecule has 1 aromatic carbocycles. The van der Waals surface area contributed by atoms with Gasteiger partial charge >= 0.3 is 6.09 Å². The molecule has 0 saturated heterocycles. The standard InChI is InChI=1S/C15H24N2O4/c1-15(2,3)21-14(20)17-9-10-5-4-6-11(7-10)13(19)12(18)8-16/h4-7,12-13,18-19H,8-9,16H2,1-3H3,(H,17,20). The van der Waals surface area contributed by atoms with Gasteiger partial charge in [-0.15, -0.1) is 0 Å². The van der Waals surface area contributed by atoms with E-state index in [1.165, 1.54) is 0 Å². The van der Waals surface area contributed by atoms with Crippen LogP contribution >= 0.6 is 0 Å². The number of nitrogens with one attached hydrogen (secondary N) is 1. The number of rotatable bonds is 5. The molecular formula is C15H24N2O4. The number of aliphatic hydroxyl groups excluding tert-OH is 2. The normalized spacial score (nSPS) is 14.4. The molecule has 2 atom stereocenters. The fourth-order valence-corrected chi connectivity index (χ4v) is 1.73. The van der Waals surface area contributed by atoms with Gasteiger partial charge in [0.15, 0.2) is 0 Å². The summed E-state index contributed by atoms with van der Waals surface area (Å²) < 4.78 is 5.14. The first-order valence-corrected chi connectivity index (χ1v) is 6.85. The molecule has 5 N–H and O–H groups in total. The highest BCUT2D eigenvalue weighted by molar-refractivity contribution is 5.67. The molecule has 1 amide bonds. The van der Waals surface area contributed by atoms with Crippen LogP contribution in [0.5, 0.6) is 0 Å². The first kappa shape index (κ1) is 17.4. The van der Waals surface area contributed by atoms with Gasteiger partial charge in [0.25, 0.3) is 0 Å². The van der Waals surface area contributed by atoms with E-state index in [1.54, 1.807) is 39.0 Å². The van der Waals surface area contributed by atoms with Crippen LogP contribution in [0.25, 0.3) is 0 Å². The van der Waals surface area contributed by atoms with Crippen LogP contribution in [-0.4, -0.2) is 34.6 Å². The summed E-state index contributed by atoms with van der Waals surface area (Å²) in [6, 6.07) is 6.96. The monoisotopic (exact) mass is 296 g/mol. The van der Waals surface area contributed by atoms with Gasteiger partial charge in [-0.3, -0.25) is 0 Å². The van der Waals surface area contributed by atoms with E-state index >= 15 is 0 Å². The average Bonchev–Trinajstić information content (AvgIpc) is 2.42. The molecule has 0 radical (unpaired) electrons. The van der Waals surface area contributed by atoms with Crippen LogP contribution < -0.4 is 11.1 Å². The van der Waals surface area contributed by atoms with Crippen LogP contribution in [-0.2, 0) is 11.3 Å². The molecule has 6 nitrogen and oxygen atoms in total. The molecule has 0 fully saturated rings. The van der Waals surface area contributed by atoms with Gasteiger partial charge in [0.2, 0.25) is 0 Å². The molecule has 0 aromatic heterocycles. The van der Waals surface area contributed by atoms with E-state index in [4.69, 9.17) is 10.5 Å². The number of aliphatic hydroxyl groups is 2. The molecule has 0 aliphatic carbocycles. The van der Waals surface area contributed by atoms with E-state index in [9.17, 15) is 15.0 Å². The molecule has 2 unspecified atom stereocenters. The van der Waals surface area contributed by atoms with Gasteiger partial charge in [-0.25, -0.2) is 4.79 Å². The summed E-state index contributed by atoms with van der Waals surface area (Å²) in [6.45, 7) is 5.61. The smallest absolute Gasteiger partial charge is 0.407 e. The fourth-order valence-electron chi connectivity index (χ4n) is 1.73. The number of carbonyl (C=O) groups excluding carboxylic acids is 1. The van der Waals surface area contributed by atoms with Crippen molar-refractivity contribution >= 4 is 6.09 Å². The number of benzene rings is 1. The number of amides is 1. The van der Waals surface area contributed by atoms with Gasteiger partial charge in [0, 0.05) is 13.1 Å². The number of hydrogen-bond acceptors (Lipinski definition) is 5. The van der Waals surface area contributed by atoms with E-state index < -0.39 is 23.9 Å². The lowest BCUT2D eigenvalue weighted by molar-refractivity contribution is 0.0243. The molecule has 118 valence electrons. The largest absolute Gasteiger partial charge is 0.444 e. The van der Waals surface area contributed by atoms with E-state index in [1.807, 2.05) is 6.07 Å². The topological polar surface area (TPSA) is 105 Å². The van der Waals surface area contributed by atoms with Crippen LogP contribution in [0.2, 0.25) is 0 Å². The Balaban J connectivity index is 2.63. The predicted molar refractivity (Wildman–Crippen MR) is 79.5 cm³/mol. The lowest BCUT2D eigenvalue weighted by Crippen LogP contribution is -2.32. The van der Waals surface area contributed by atoms with Crippen molar-refractivity contribution in [1.82, 2.24) is 5.32 Å². The van der Waals surface area contributed by atoms with Gasteiger partial charge in [-0.05, 0) is 31.9 Å². The summed E-state index contributed by atoms with van der Waals surface area (Å²) in [6.07, 6.45) is -2.56. The van der Waals surface area contributed by atoms with Crippen LogP contribution in [0, 0.1) is 0 Å². The Labute approximate surface area is 124 Å². The minimum absolute atomic E-state index is 0.0262. The van der Waals surface area contributed by atoms with Crippen LogP contribution in [0.3, 0.4) is 0 Å².